The summed E-state index contributed by atoms with van der Waals surface area (Å²) in [5, 5.41) is -0.125. The highest BCUT2D eigenvalue weighted by atomic mass is 35.5. The summed E-state index contributed by atoms with van der Waals surface area (Å²) in [6.45, 7) is 8.98. The van der Waals surface area contributed by atoms with Crippen molar-refractivity contribution in [2.24, 2.45) is 0 Å². The van der Waals surface area contributed by atoms with E-state index in [0.29, 0.717) is 0 Å². The average molecular weight is 442 g/mol. The number of anilines is 1. The molecule has 1 aliphatic heterocycles. The van der Waals surface area contributed by atoms with Crippen LogP contribution in [0.1, 0.15) is 70.7 Å². The summed E-state index contributed by atoms with van der Waals surface area (Å²) in [6, 6.07) is 0.889. The molecule has 166 valence electrons. The monoisotopic (exact) mass is 441 g/mol. The summed E-state index contributed by atoms with van der Waals surface area (Å²) >= 11 is 6.21. The fourth-order valence-corrected chi connectivity index (χ4v) is 4.22. The molecule has 0 unspecified atom stereocenters. The molecule has 30 heavy (non-hydrogen) atoms. The van der Waals surface area contributed by atoms with E-state index < -0.39 is 23.5 Å². The molecular formula is C21H29ClFN3O4. The molecule has 0 aromatic carbocycles. The van der Waals surface area contributed by atoms with E-state index in [1.807, 2.05) is 20.8 Å². The van der Waals surface area contributed by atoms with Gasteiger partial charge in [-0.05, 0) is 53.5 Å². The second kappa shape index (κ2) is 8.57. The third-order valence-electron chi connectivity index (χ3n) is 5.17. The van der Waals surface area contributed by atoms with E-state index in [1.54, 1.807) is 23.6 Å². The first-order chi connectivity index (χ1) is 14.0. The highest BCUT2D eigenvalue weighted by Crippen LogP contribution is 2.38. The Hall–Kier alpha value is -2.09. The number of carbonyl (C=O) groups excluding carboxylic acids is 2. The molecule has 1 saturated carbocycles. The van der Waals surface area contributed by atoms with Gasteiger partial charge in [-0.3, -0.25) is 4.90 Å². The van der Waals surface area contributed by atoms with Crippen LogP contribution in [-0.4, -0.2) is 52.4 Å². The first kappa shape index (κ1) is 22.6. The van der Waals surface area contributed by atoms with Crippen LogP contribution >= 0.6 is 11.6 Å². The van der Waals surface area contributed by atoms with E-state index in [4.69, 9.17) is 21.1 Å². The Bertz CT molecular complexity index is 827. The Morgan fingerprint density at radius 3 is 2.47 bits per heavy atom. The molecule has 3 rings (SSSR count). The predicted octanol–water partition coefficient (Wildman–Crippen LogP) is 4.77. The number of hydrogen-bond donors (Lipinski definition) is 0. The quantitative estimate of drug-likeness (QED) is 0.497. The Balaban J connectivity index is 1.90. The van der Waals surface area contributed by atoms with Crippen molar-refractivity contribution < 1.29 is 23.5 Å². The van der Waals surface area contributed by atoms with Gasteiger partial charge in [0.2, 0.25) is 0 Å². The van der Waals surface area contributed by atoms with Crippen molar-refractivity contribution in [2.45, 2.75) is 84.1 Å². The SMILES string of the molecule is CC(C)OC(=O)c1cc(F)c(N2CN(C(=O)OC(C)(C)C)[C@H]3CCCC[C@H]32)nc1Cl. The molecule has 1 aromatic heterocycles. The van der Waals surface area contributed by atoms with Crippen molar-refractivity contribution in [3.05, 3.63) is 22.6 Å². The number of esters is 1. The van der Waals surface area contributed by atoms with Crippen molar-refractivity contribution in [3.8, 4) is 0 Å². The van der Waals surface area contributed by atoms with Crippen LogP contribution in [0.25, 0.3) is 0 Å². The van der Waals surface area contributed by atoms with Gasteiger partial charge < -0.3 is 14.4 Å². The van der Waals surface area contributed by atoms with Gasteiger partial charge in [0, 0.05) is 0 Å². The number of hydrogen-bond acceptors (Lipinski definition) is 6. The topological polar surface area (TPSA) is 72.0 Å². The minimum atomic E-state index is -0.722. The number of pyridine rings is 1. The molecule has 1 saturated heterocycles. The lowest BCUT2D eigenvalue weighted by Crippen LogP contribution is -2.44. The standard InChI is InChI=1S/C21H29ClFN3O4/c1-12(2)29-19(27)13-10-14(23)18(24-17(13)22)25-11-26(20(28)30-21(3,4)5)16-9-7-6-8-15(16)25/h10,12,15-16H,6-9,11H2,1-5H3/t15-,16+/m1/s1. The highest BCUT2D eigenvalue weighted by Gasteiger charge is 2.46. The molecule has 1 aromatic rings. The normalized spacial score (nSPS) is 21.6. The number of ether oxygens (including phenoxy) is 2. The zero-order valence-corrected chi connectivity index (χ0v) is 18.8. The van der Waals surface area contributed by atoms with E-state index in [2.05, 4.69) is 4.98 Å². The van der Waals surface area contributed by atoms with Crippen LogP contribution in [0.5, 0.6) is 0 Å². The zero-order valence-electron chi connectivity index (χ0n) is 18.1. The molecule has 2 heterocycles. The van der Waals surface area contributed by atoms with Crippen molar-refractivity contribution in [1.29, 1.82) is 0 Å². The maximum absolute atomic E-state index is 15.0. The summed E-state index contributed by atoms with van der Waals surface area (Å²) in [5.41, 5.74) is -0.741. The number of halogens is 2. The predicted molar refractivity (Wildman–Crippen MR) is 111 cm³/mol. The van der Waals surface area contributed by atoms with E-state index in [1.165, 1.54) is 0 Å². The lowest BCUT2D eigenvalue weighted by molar-refractivity contribution is 0.0200. The van der Waals surface area contributed by atoms with Crippen LogP contribution in [0, 0.1) is 5.82 Å². The van der Waals surface area contributed by atoms with Gasteiger partial charge in [0.15, 0.2) is 11.6 Å². The van der Waals surface area contributed by atoms with Gasteiger partial charge in [-0.2, -0.15) is 0 Å². The Morgan fingerprint density at radius 1 is 1.23 bits per heavy atom. The fourth-order valence-electron chi connectivity index (χ4n) is 4.01. The number of nitrogens with zero attached hydrogens (tertiary/aromatic N) is 3. The maximum Gasteiger partial charge on any atom is 0.412 e. The van der Waals surface area contributed by atoms with Gasteiger partial charge in [0.1, 0.15) is 16.3 Å². The number of rotatable bonds is 3. The first-order valence-electron chi connectivity index (χ1n) is 10.3. The van der Waals surface area contributed by atoms with Crippen molar-refractivity contribution >= 4 is 29.5 Å². The molecule has 2 atom stereocenters. The third kappa shape index (κ3) is 4.79. The smallest absolute Gasteiger partial charge is 0.412 e. The molecular weight excluding hydrogens is 413 g/mol. The van der Waals surface area contributed by atoms with E-state index in [0.717, 1.165) is 31.7 Å². The molecule has 0 bridgehead atoms. The largest absolute Gasteiger partial charge is 0.459 e. The Kier molecular flexibility index (Phi) is 6.45. The molecule has 7 nitrogen and oxygen atoms in total. The molecule has 0 spiro atoms. The summed E-state index contributed by atoms with van der Waals surface area (Å²) in [7, 11) is 0. The third-order valence-corrected chi connectivity index (χ3v) is 5.46. The number of amides is 1. The molecule has 0 radical (unpaired) electrons. The minimum Gasteiger partial charge on any atom is -0.459 e. The van der Waals surface area contributed by atoms with Crippen LogP contribution in [0.4, 0.5) is 15.0 Å². The second-order valence-electron chi connectivity index (χ2n) is 9.07. The highest BCUT2D eigenvalue weighted by molar-refractivity contribution is 6.32. The van der Waals surface area contributed by atoms with Gasteiger partial charge in [0.25, 0.3) is 0 Å². The van der Waals surface area contributed by atoms with E-state index in [-0.39, 0.29) is 41.4 Å². The van der Waals surface area contributed by atoms with Crippen LogP contribution in [-0.2, 0) is 9.47 Å². The molecule has 2 aliphatic rings. The van der Waals surface area contributed by atoms with Gasteiger partial charge in [-0.15, -0.1) is 0 Å². The van der Waals surface area contributed by atoms with Crippen LogP contribution in [0.15, 0.2) is 6.07 Å². The van der Waals surface area contributed by atoms with Gasteiger partial charge in [-0.1, -0.05) is 24.4 Å². The van der Waals surface area contributed by atoms with Crippen LogP contribution in [0.3, 0.4) is 0 Å². The van der Waals surface area contributed by atoms with Crippen molar-refractivity contribution in [2.75, 3.05) is 11.6 Å². The molecule has 1 amide bonds. The van der Waals surface area contributed by atoms with Crippen molar-refractivity contribution in [1.82, 2.24) is 9.88 Å². The molecule has 2 fully saturated rings. The Morgan fingerprint density at radius 2 is 1.87 bits per heavy atom. The van der Waals surface area contributed by atoms with Crippen molar-refractivity contribution in [3.63, 3.8) is 0 Å². The van der Waals surface area contributed by atoms with Gasteiger partial charge in [0.05, 0.1) is 24.9 Å². The zero-order chi connectivity index (χ0) is 22.2. The molecule has 9 heteroatoms. The molecule has 0 N–H and O–H groups in total. The number of fused-ring (bicyclic) bond motifs is 1. The Labute approximate surface area is 181 Å². The van der Waals surface area contributed by atoms with E-state index in [9.17, 15) is 9.59 Å². The summed E-state index contributed by atoms with van der Waals surface area (Å²) in [4.78, 5) is 32.5. The summed E-state index contributed by atoms with van der Waals surface area (Å²) < 4.78 is 25.7. The number of aromatic nitrogens is 1. The molecule has 1 aliphatic carbocycles. The summed E-state index contributed by atoms with van der Waals surface area (Å²) in [5.74, 6) is -1.37. The lowest BCUT2D eigenvalue weighted by Gasteiger charge is -2.33. The minimum absolute atomic E-state index is 0.0315. The van der Waals surface area contributed by atoms with Gasteiger partial charge >= 0.3 is 12.1 Å². The summed E-state index contributed by atoms with van der Waals surface area (Å²) in [6.07, 6.45) is 2.80. The average Bonchev–Trinajstić information content (AvgIpc) is 3.01. The fraction of sp³-hybridized carbons (Fsp3) is 0.667. The lowest BCUT2D eigenvalue weighted by atomic mass is 9.90. The second-order valence-corrected chi connectivity index (χ2v) is 9.42. The maximum atomic E-state index is 15.0. The van der Waals surface area contributed by atoms with Gasteiger partial charge in [-0.25, -0.2) is 19.0 Å². The first-order valence-corrected chi connectivity index (χ1v) is 10.7. The number of carbonyl (C=O) groups is 2. The van der Waals surface area contributed by atoms with Crippen LogP contribution < -0.4 is 4.90 Å². The van der Waals surface area contributed by atoms with E-state index >= 15 is 4.39 Å². The van der Waals surface area contributed by atoms with Crippen LogP contribution in [0.2, 0.25) is 5.15 Å².